The highest BCUT2D eigenvalue weighted by atomic mass is 16.5. The lowest BCUT2D eigenvalue weighted by molar-refractivity contribution is -0.141. The summed E-state index contributed by atoms with van der Waals surface area (Å²) in [5, 5.41) is 8.42. The van der Waals surface area contributed by atoms with Gasteiger partial charge in [0.25, 0.3) is 0 Å². The molecule has 1 aromatic rings. The van der Waals surface area contributed by atoms with Crippen LogP contribution in [0.3, 0.4) is 0 Å². The number of likely N-dealkylation sites (N-methyl/N-ethyl adjacent to an activating group) is 1. The summed E-state index contributed by atoms with van der Waals surface area (Å²) < 4.78 is 7.70. The molecule has 0 spiro atoms. The minimum atomic E-state index is 0.150. The first-order valence-corrected chi connectivity index (χ1v) is 8.85. The van der Waals surface area contributed by atoms with Gasteiger partial charge in [-0.3, -0.25) is 9.48 Å². The number of rotatable bonds is 6. The van der Waals surface area contributed by atoms with Crippen LogP contribution in [-0.4, -0.2) is 71.1 Å². The molecule has 0 saturated heterocycles. The zero-order valence-corrected chi connectivity index (χ0v) is 15.2. The molecule has 3 rings (SSSR count). The van der Waals surface area contributed by atoms with E-state index in [0.29, 0.717) is 32.2 Å². The number of nitrogens with zero attached hydrogens (tertiary/aromatic N) is 5. The maximum absolute atomic E-state index is 12.7. The molecule has 134 valence electrons. The maximum atomic E-state index is 12.7. The third-order valence-corrected chi connectivity index (χ3v) is 5.15. The zero-order valence-electron chi connectivity index (χ0n) is 15.2. The molecule has 1 amide bonds. The number of hydrogen-bond donors (Lipinski definition) is 0. The molecular formula is C17H29N5O2. The number of fused-ring (bicyclic) bond motifs is 1. The molecule has 1 aromatic heterocycles. The van der Waals surface area contributed by atoms with E-state index in [1.807, 2.05) is 30.7 Å². The first kappa shape index (κ1) is 17.4. The first-order valence-electron chi connectivity index (χ1n) is 8.85. The number of aryl methyl sites for hydroxylation is 1. The second-order valence-electron chi connectivity index (χ2n) is 7.61. The predicted octanol–water partition coefficient (Wildman–Crippen LogP) is 0.865. The third-order valence-electron chi connectivity index (χ3n) is 5.15. The van der Waals surface area contributed by atoms with Crippen LogP contribution in [0.5, 0.6) is 0 Å². The fourth-order valence-corrected chi connectivity index (χ4v) is 3.75. The van der Waals surface area contributed by atoms with Gasteiger partial charge in [-0.25, -0.2) is 0 Å². The normalized spacial score (nSPS) is 26.4. The Kier molecular flexibility index (Phi) is 5.20. The van der Waals surface area contributed by atoms with E-state index in [-0.39, 0.29) is 17.7 Å². The number of hydrogen-bond acceptors (Lipinski definition) is 5. The molecule has 7 nitrogen and oxygen atoms in total. The number of aromatic nitrogens is 3. The molecular weight excluding hydrogens is 306 g/mol. The van der Waals surface area contributed by atoms with Crippen LogP contribution in [0, 0.1) is 11.8 Å². The van der Waals surface area contributed by atoms with Crippen LogP contribution in [0.1, 0.15) is 37.1 Å². The van der Waals surface area contributed by atoms with Crippen molar-refractivity contribution in [2.75, 3.05) is 40.4 Å². The molecule has 0 radical (unpaired) electrons. The minimum absolute atomic E-state index is 0.150. The van der Waals surface area contributed by atoms with E-state index in [1.54, 1.807) is 0 Å². The standard InChI is InChI=1S/C17H29N5O2/c1-12-7-13(8-12)17(23)22-9-14(11-24-6-5-20(2)3)16-15(10-22)18-19-21(16)4/h12-14H,5-11H2,1-4H3. The number of carbonyl (C=O) groups is 1. The van der Waals surface area contributed by atoms with E-state index >= 15 is 0 Å². The fourth-order valence-electron chi connectivity index (χ4n) is 3.75. The summed E-state index contributed by atoms with van der Waals surface area (Å²) in [6, 6.07) is 0. The molecule has 0 aromatic carbocycles. The Morgan fingerprint density at radius 3 is 2.79 bits per heavy atom. The van der Waals surface area contributed by atoms with Crippen molar-refractivity contribution in [2.45, 2.75) is 32.2 Å². The van der Waals surface area contributed by atoms with Gasteiger partial charge >= 0.3 is 0 Å². The monoisotopic (exact) mass is 335 g/mol. The van der Waals surface area contributed by atoms with Gasteiger partial charge in [-0.2, -0.15) is 0 Å². The van der Waals surface area contributed by atoms with Gasteiger partial charge in [0.1, 0.15) is 5.69 Å². The van der Waals surface area contributed by atoms with Crippen molar-refractivity contribution in [2.24, 2.45) is 18.9 Å². The van der Waals surface area contributed by atoms with Crippen molar-refractivity contribution in [3.8, 4) is 0 Å². The lowest BCUT2D eigenvalue weighted by Crippen LogP contribution is -2.45. The highest BCUT2D eigenvalue weighted by Gasteiger charge is 2.38. The van der Waals surface area contributed by atoms with Gasteiger partial charge in [0.2, 0.25) is 5.91 Å². The summed E-state index contributed by atoms with van der Waals surface area (Å²) in [4.78, 5) is 16.8. The van der Waals surface area contributed by atoms with E-state index in [2.05, 4.69) is 22.1 Å². The number of carbonyl (C=O) groups excluding carboxylic acids is 1. The number of amides is 1. The average Bonchev–Trinajstić information content (AvgIpc) is 2.89. The average molecular weight is 335 g/mol. The van der Waals surface area contributed by atoms with Crippen molar-refractivity contribution in [1.29, 1.82) is 0 Å². The van der Waals surface area contributed by atoms with Gasteiger partial charge in [0, 0.05) is 32.0 Å². The van der Waals surface area contributed by atoms with Gasteiger partial charge in [0.05, 0.1) is 25.5 Å². The van der Waals surface area contributed by atoms with Crippen LogP contribution in [-0.2, 0) is 23.1 Å². The predicted molar refractivity (Wildman–Crippen MR) is 90.4 cm³/mol. The topological polar surface area (TPSA) is 63.5 Å². The van der Waals surface area contributed by atoms with E-state index in [9.17, 15) is 4.79 Å². The van der Waals surface area contributed by atoms with E-state index in [4.69, 9.17) is 4.74 Å². The number of ether oxygens (including phenoxy) is 1. The first-order chi connectivity index (χ1) is 11.5. The molecule has 1 atom stereocenters. The molecule has 0 N–H and O–H groups in total. The molecule has 24 heavy (non-hydrogen) atoms. The third kappa shape index (κ3) is 3.62. The Bertz CT molecular complexity index is 580. The molecule has 1 fully saturated rings. The van der Waals surface area contributed by atoms with E-state index in [1.165, 1.54) is 0 Å². The molecule has 7 heteroatoms. The van der Waals surface area contributed by atoms with Crippen LogP contribution in [0.4, 0.5) is 0 Å². The molecule has 1 aliphatic carbocycles. The van der Waals surface area contributed by atoms with Gasteiger partial charge in [-0.1, -0.05) is 12.1 Å². The second kappa shape index (κ2) is 7.19. The van der Waals surface area contributed by atoms with Crippen LogP contribution in [0.25, 0.3) is 0 Å². The molecule has 0 bridgehead atoms. The van der Waals surface area contributed by atoms with Gasteiger partial charge in [0.15, 0.2) is 0 Å². The van der Waals surface area contributed by atoms with Gasteiger partial charge in [-0.15, -0.1) is 5.10 Å². The Labute approximate surface area is 143 Å². The Morgan fingerprint density at radius 1 is 1.38 bits per heavy atom. The summed E-state index contributed by atoms with van der Waals surface area (Å²) in [6.45, 7) is 5.69. The van der Waals surface area contributed by atoms with Crippen molar-refractivity contribution < 1.29 is 9.53 Å². The highest BCUT2D eigenvalue weighted by Crippen LogP contribution is 2.36. The maximum Gasteiger partial charge on any atom is 0.226 e. The van der Waals surface area contributed by atoms with Crippen molar-refractivity contribution >= 4 is 5.91 Å². The zero-order chi connectivity index (χ0) is 17.3. The van der Waals surface area contributed by atoms with Crippen molar-refractivity contribution in [1.82, 2.24) is 24.8 Å². The molecule has 1 unspecified atom stereocenters. The summed E-state index contributed by atoms with van der Waals surface area (Å²) in [5.74, 6) is 1.31. The van der Waals surface area contributed by atoms with Crippen LogP contribution >= 0.6 is 0 Å². The molecule has 2 aliphatic rings. The van der Waals surface area contributed by atoms with Gasteiger partial charge in [-0.05, 0) is 32.9 Å². The molecule has 1 aliphatic heterocycles. The van der Waals surface area contributed by atoms with Crippen LogP contribution < -0.4 is 0 Å². The molecule has 1 saturated carbocycles. The van der Waals surface area contributed by atoms with Crippen LogP contribution in [0.2, 0.25) is 0 Å². The quantitative estimate of drug-likeness (QED) is 0.722. The Hall–Kier alpha value is -1.47. The summed E-state index contributed by atoms with van der Waals surface area (Å²) in [5.41, 5.74) is 2.04. The smallest absolute Gasteiger partial charge is 0.226 e. The lowest BCUT2D eigenvalue weighted by Gasteiger charge is -2.39. The molecule has 2 heterocycles. The lowest BCUT2D eigenvalue weighted by atomic mass is 9.75. The largest absolute Gasteiger partial charge is 0.379 e. The SMILES string of the molecule is CC1CC(C(=O)N2Cc3nnn(C)c3C(COCCN(C)C)C2)C1. The summed E-state index contributed by atoms with van der Waals surface area (Å²) in [7, 11) is 5.99. The van der Waals surface area contributed by atoms with E-state index in [0.717, 1.165) is 30.8 Å². The Morgan fingerprint density at radius 2 is 2.12 bits per heavy atom. The second-order valence-corrected chi connectivity index (χ2v) is 7.61. The summed E-state index contributed by atoms with van der Waals surface area (Å²) >= 11 is 0. The van der Waals surface area contributed by atoms with Crippen molar-refractivity contribution in [3.63, 3.8) is 0 Å². The Balaban J connectivity index is 1.65. The highest BCUT2D eigenvalue weighted by molar-refractivity contribution is 5.80. The van der Waals surface area contributed by atoms with Crippen LogP contribution in [0.15, 0.2) is 0 Å². The van der Waals surface area contributed by atoms with Crippen molar-refractivity contribution in [3.05, 3.63) is 11.4 Å². The van der Waals surface area contributed by atoms with E-state index < -0.39 is 0 Å². The van der Waals surface area contributed by atoms with Gasteiger partial charge < -0.3 is 14.5 Å². The summed E-state index contributed by atoms with van der Waals surface area (Å²) in [6.07, 6.45) is 2.04. The fraction of sp³-hybridized carbons (Fsp3) is 0.824. The minimum Gasteiger partial charge on any atom is -0.379 e.